The van der Waals surface area contributed by atoms with Crippen LogP contribution in [-0.4, -0.2) is 24.6 Å². The Balaban J connectivity index is 0.00000144. The number of benzene rings is 1. The van der Waals surface area contributed by atoms with Gasteiger partial charge < -0.3 is 10.5 Å². The number of nitrogens with zero attached hydrogens (tertiary/aromatic N) is 1. The van der Waals surface area contributed by atoms with Gasteiger partial charge in [0, 0.05) is 12.8 Å². The summed E-state index contributed by atoms with van der Waals surface area (Å²) >= 11 is 1.39. The van der Waals surface area contributed by atoms with Crippen molar-refractivity contribution in [2.45, 2.75) is 0 Å². The molecule has 7 heteroatoms. The molecule has 1 heterocycles. The van der Waals surface area contributed by atoms with E-state index in [9.17, 15) is 4.79 Å². The van der Waals surface area contributed by atoms with Gasteiger partial charge in [-0.15, -0.1) is 12.4 Å². The third kappa shape index (κ3) is 3.29. The number of aromatic nitrogens is 1. The lowest BCUT2D eigenvalue weighted by molar-refractivity contribution is -0.119. The van der Waals surface area contributed by atoms with Crippen LogP contribution in [0.2, 0.25) is 0 Å². The molecule has 0 unspecified atom stereocenters. The number of amides is 1. The van der Waals surface area contributed by atoms with Gasteiger partial charge in [-0.1, -0.05) is 11.3 Å². The topological polar surface area (TPSA) is 77.2 Å². The van der Waals surface area contributed by atoms with Crippen molar-refractivity contribution in [3.63, 3.8) is 0 Å². The van der Waals surface area contributed by atoms with Gasteiger partial charge in [0.25, 0.3) is 5.91 Å². The van der Waals surface area contributed by atoms with Gasteiger partial charge in [-0.05, 0) is 18.2 Å². The fraction of sp³-hybridized carbons (Fsp3) is 0.200. The summed E-state index contributed by atoms with van der Waals surface area (Å²) in [6.07, 6.45) is 0. The number of nitrogen functional groups attached to an aromatic ring is 1. The van der Waals surface area contributed by atoms with Crippen LogP contribution >= 0.6 is 23.7 Å². The number of thiazole rings is 1. The molecular formula is C10H12ClN3O2S. The standard InChI is InChI=1S/C10H11N3O2S.ClH/c1-15-5-9(14)13-10-12-7-3-2-6(11)4-8(7)16-10;/h2-4H,5,11H2,1H3,(H,12,13,14);1H. The van der Waals surface area contributed by atoms with Gasteiger partial charge in [-0.25, -0.2) is 4.98 Å². The molecule has 0 spiro atoms. The van der Waals surface area contributed by atoms with Gasteiger partial charge in [-0.2, -0.15) is 0 Å². The van der Waals surface area contributed by atoms with Crippen LogP contribution in [0.25, 0.3) is 10.2 Å². The molecule has 0 fully saturated rings. The number of hydrogen-bond donors (Lipinski definition) is 2. The highest BCUT2D eigenvalue weighted by molar-refractivity contribution is 7.22. The summed E-state index contributed by atoms with van der Waals surface area (Å²) < 4.78 is 5.67. The van der Waals surface area contributed by atoms with E-state index in [4.69, 9.17) is 10.5 Å². The fourth-order valence-corrected chi connectivity index (χ4v) is 2.21. The van der Waals surface area contributed by atoms with Crippen LogP contribution in [0.1, 0.15) is 0 Å². The molecule has 0 aliphatic rings. The van der Waals surface area contributed by atoms with E-state index >= 15 is 0 Å². The van der Waals surface area contributed by atoms with E-state index < -0.39 is 0 Å². The number of ether oxygens (including phenoxy) is 1. The van der Waals surface area contributed by atoms with E-state index in [0.29, 0.717) is 10.8 Å². The van der Waals surface area contributed by atoms with Crippen molar-refractivity contribution in [3.05, 3.63) is 18.2 Å². The minimum absolute atomic E-state index is 0. The molecular weight excluding hydrogens is 262 g/mol. The molecule has 1 aromatic heterocycles. The normalized spacial score (nSPS) is 9.94. The Kier molecular flexibility index (Phi) is 4.68. The fourth-order valence-electron chi connectivity index (χ4n) is 1.28. The van der Waals surface area contributed by atoms with E-state index in [1.54, 1.807) is 6.07 Å². The SMILES string of the molecule is COCC(=O)Nc1nc2ccc(N)cc2s1.Cl. The Hall–Kier alpha value is -1.37. The molecule has 92 valence electrons. The van der Waals surface area contributed by atoms with Gasteiger partial charge >= 0.3 is 0 Å². The number of carbonyl (C=O) groups is 1. The molecule has 0 radical (unpaired) electrons. The summed E-state index contributed by atoms with van der Waals surface area (Å²) in [6, 6.07) is 5.44. The molecule has 0 atom stereocenters. The van der Waals surface area contributed by atoms with Gasteiger partial charge in [0.2, 0.25) is 0 Å². The first-order valence-electron chi connectivity index (χ1n) is 4.64. The lowest BCUT2D eigenvalue weighted by Gasteiger charge is -1.98. The summed E-state index contributed by atoms with van der Waals surface area (Å²) in [4.78, 5) is 15.5. The first kappa shape index (κ1) is 13.7. The summed E-state index contributed by atoms with van der Waals surface area (Å²) in [7, 11) is 1.47. The quantitative estimate of drug-likeness (QED) is 0.837. The number of methoxy groups -OCH3 is 1. The highest BCUT2D eigenvalue weighted by atomic mass is 35.5. The maximum atomic E-state index is 11.3. The van der Waals surface area contributed by atoms with Crippen molar-refractivity contribution < 1.29 is 9.53 Å². The summed E-state index contributed by atoms with van der Waals surface area (Å²) in [5, 5.41) is 3.21. The average molecular weight is 274 g/mol. The van der Waals surface area contributed by atoms with Gasteiger partial charge in [-0.3, -0.25) is 10.1 Å². The van der Waals surface area contributed by atoms with Crippen LogP contribution in [-0.2, 0) is 9.53 Å². The predicted octanol–water partition coefficient (Wildman–Crippen LogP) is 1.89. The Morgan fingerprint density at radius 1 is 1.59 bits per heavy atom. The number of nitrogens with two attached hydrogens (primary N) is 1. The van der Waals surface area contributed by atoms with Crippen LogP contribution < -0.4 is 11.1 Å². The Morgan fingerprint density at radius 2 is 2.35 bits per heavy atom. The predicted molar refractivity (Wildman–Crippen MR) is 71.8 cm³/mol. The molecule has 0 saturated carbocycles. The maximum absolute atomic E-state index is 11.3. The van der Waals surface area contributed by atoms with Crippen molar-refractivity contribution >= 4 is 50.7 Å². The minimum Gasteiger partial charge on any atom is -0.399 e. The number of fused-ring (bicyclic) bond motifs is 1. The molecule has 17 heavy (non-hydrogen) atoms. The number of hydrogen-bond acceptors (Lipinski definition) is 5. The monoisotopic (exact) mass is 273 g/mol. The molecule has 5 nitrogen and oxygen atoms in total. The number of halogens is 1. The molecule has 2 aromatic rings. The van der Waals surface area contributed by atoms with Crippen molar-refractivity contribution in [1.82, 2.24) is 4.98 Å². The van der Waals surface area contributed by atoms with Crippen LogP contribution in [0.4, 0.5) is 10.8 Å². The molecule has 0 aliphatic carbocycles. The zero-order valence-corrected chi connectivity index (χ0v) is 10.7. The Bertz CT molecular complexity index is 529. The van der Waals surface area contributed by atoms with Crippen molar-refractivity contribution in [1.29, 1.82) is 0 Å². The van der Waals surface area contributed by atoms with E-state index in [0.717, 1.165) is 10.2 Å². The second kappa shape index (κ2) is 5.81. The maximum Gasteiger partial charge on any atom is 0.252 e. The molecule has 0 bridgehead atoms. The van der Waals surface area contributed by atoms with E-state index in [1.807, 2.05) is 12.1 Å². The molecule has 1 aromatic carbocycles. The lowest BCUT2D eigenvalue weighted by Crippen LogP contribution is -2.16. The van der Waals surface area contributed by atoms with Crippen molar-refractivity contribution in [3.8, 4) is 0 Å². The average Bonchev–Trinajstić information content (AvgIpc) is 2.59. The molecule has 0 aliphatic heterocycles. The van der Waals surface area contributed by atoms with Crippen molar-refractivity contribution in [2.24, 2.45) is 0 Å². The first-order valence-corrected chi connectivity index (χ1v) is 5.45. The summed E-state index contributed by atoms with van der Waals surface area (Å²) in [6.45, 7) is 0.0259. The van der Waals surface area contributed by atoms with Crippen molar-refractivity contribution in [2.75, 3.05) is 24.8 Å². The summed E-state index contributed by atoms with van der Waals surface area (Å²) in [5.41, 5.74) is 7.17. The van der Waals surface area contributed by atoms with E-state index in [1.165, 1.54) is 18.4 Å². The smallest absolute Gasteiger partial charge is 0.252 e. The molecule has 1 amide bonds. The number of rotatable bonds is 3. The Morgan fingerprint density at radius 3 is 3.06 bits per heavy atom. The zero-order valence-electron chi connectivity index (χ0n) is 9.10. The molecule has 3 N–H and O–H groups in total. The van der Waals surface area contributed by atoms with Crippen LogP contribution in [0.5, 0.6) is 0 Å². The van der Waals surface area contributed by atoms with E-state index in [2.05, 4.69) is 10.3 Å². The third-order valence-electron chi connectivity index (χ3n) is 1.93. The molecule has 2 rings (SSSR count). The van der Waals surface area contributed by atoms with Crippen LogP contribution in [0.3, 0.4) is 0 Å². The van der Waals surface area contributed by atoms with Crippen LogP contribution in [0, 0.1) is 0 Å². The summed E-state index contributed by atoms with van der Waals surface area (Å²) in [5.74, 6) is -0.213. The number of anilines is 2. The van der Waals surface area contributed by atoms with Gasteiger partial charge in [0.05, 0.1) is 10.2 Å². The first-order chi connectivity index (χ1) is 7.69. The minimum atomic E-state index is -0.213. The van der Waals surface area contributed by atoms with Gasteiger partial charge in [0.1, 0.15) is 6.61 Å². The second-order valence-electron chi connectivity index (χ2n) is 3.23. The second-order valence-corrected chi connectivity index (χ2v) is 4.26. The highest BCUT2D eigenvalue weighted by Gasteiger charge is 2.07. The number of carbonyl (C=O) groups excluding carboxylic acids is 1. The highest BCUT2D eigenvalue weighted by Crippen LogP contribution is 2.27. The zero-order chi connectivity index (χ0) is 11.5. The largest absolute Gasteiger partial charge is 0.399 e. The number of nitrogens with one attached hydrogen (secondary N) is 1. The lowest BCUT2D eigenvalue weighted by atomic mass is 10.3. The Labute approximate surface area is 108 Å². The van der Waals surface area contributed by atoms with Gasteiger partial charge in [0.15, 0.2) is 5.13 Å². The van der Waals surface area contributed by atoms with Crippen LogP contribution in [0.15, 0.2) is 18.2 Å². The third-order valence-corrected chi connectivity index (χ3v) is 2.87. The van der Waals surface area contributed by atoms with E-state index in [-0.39, 0.29) is 24.9 Å². The molecule has 0 saturated heterocycles.